The van der Waals surface area contributed by atoms with E-state index in [-0.39, 0.29) is 24.0 Å². The third-order valence-corrected chi connectivity index (χ3v) is 5.57. The number of nitrogens with one attached hydrogen (secondary N) is 1. The van der Waals surface area contributed by atoms with Gasteiger partial charge in [0.2, 0.25) is 5.91 Å². The van der Waals surface area contributed by atoms with Gasteiger partial charge in [-0.05, 0) is 24.6 Å². The summed E-state index contributed by atoms with van der Waals surface area (Å²) in [6.07, 6.45) is 0. The van der Waals surface area contributed by atoms with Crippen LogP contribution in [0, 0.1) is 0 Å². The lowest BCUT2D eigenvalue weighted by molar-refractivity contribution is -0.117. The van der Waals surface area contributed by atoms with Gasteiger partial charge in [-0.1, -0.05) is 48.5 Å². The van der Waals surface area contributed by atoms with Crippen LogP contribution in [-0.2, 0) is 11.3 Å². The first-order valence-electron chi connectivity index (χ1n) is 9.04. The Morgan fingerprint density at radius 2 is 1.69 bits per heavy atom. The molecule has 0 saturated carbocycles. The number of benzene rings is 2. The van der Waals surface area contributed by atoms with Gasteiger partial charge >= 0.3 is 5.69 Å². The first-order valence-corrected chi connectivity index (χ1v) is 9.92. The summed E-state index contributed by atoms with van der Waals surface area (Å²) in [6, 6.07) is 18.8. The average Bonchev–Trinajstić information content (AvgIpc) is 2.71. The molecule has 29 heavy (non-hydrogen) atoms. The Morgan fingerprint density at radius 3 is 2.31 bits per heavy atom. The molecule has 1 unspecified atom stereocenters. The topological polar surface area (TPSA) is 101 Å². The minimum absolute atomic E-state index is 0.0361. The number of carbonyl (C=O) groups excluding carboxylic acids is 1. The van der Waals surface area contributed by atoms with Crippen molar-refractivity contribution in [2.75, 3.05) is 17.7 Å². The molecule has 1 aromatic heterocycles. The van der Waals surface area contributed by atoms with E-state index in [1.54, 1.807) is 6.92 Å². The number of nitrogen functional groups attached to an aromatic ring is 1. The fraction of sp³-hybridized carbons (Fsp3) is 0.190. The van der Waals surface area contributed by atoms with Gasteiger partial charge in [0.1, 0.15) is 5.82 Å². The fourth-order valence-electron chi connectivity index (χ4n) is 2.96. The van der Waals surface area contributed by atoms with E-state index in [1.165, 1.54) is 28.3 Å². The minimum atomic E-state index is -0.690. The van der Waals surface area contributed by atoms with Crippen molar-refractivity contribution >= 4 is 29.2 Å². The van der Waals surface area contributed by atoms with Crippen molar-refractivity contribution in [1.82, 2.24) is 9.55 Å². The number of aromatic nitrogens is 2. The number of anilines is 2. The lowest BCUT2D eigenvalue weighted by atomic mass is 10.2. The van der Waals surface area contributed by atoms with Gasteiger partial charge < -0.3 is 10.6 Å². The molecule has 0 aliphatic heterocycles. The van der Waals surface area contributed by atoms with Gasteiger partial charge in [0.15, 0.2) is 5.69 Å². The van der Waals surface area contributed by atoms with Crippen LogP contribution in [0.2, 0.25) is 0 Å². The third kappa shape index (κ3) is 4.60. The van der Waals surface area contributed by atoms with Crippen LogP contribution in [0.5, 0.6) is 0 Å². The summed E-state index contributed by atoms with van der Waals surface area (Å²) in [5.74, 6) is -0.337. The number of nitrogens with zero attached hydrogens (tertiary/aromatic N) is 2. The molecule has 0 radical (unpaired) electrons. The highest BCUT2D eigenvalue weighted by Crippen LogP contribution is 2.26. The molecule has 2 aromatic carbocycles. The van der Waals surface area contributed by atoms with Crippen LogP contribution in [-0.4, -0.2) is 27.8 Å². The summed E-state index contributed by atoms with van der Waals surface area (Å²) in [6.45, 7) is 1.95. The number of nitrogens with two attached hydrogens (primary N) is 1. The Bertz CT molecular complexity index is 1110. The highest BCUT2D eigenvalue weighted by Gasteiger charge is 2.25. The number of carbonyl (C=O) groups is 1. The van der Waals surface area contributed by atoms with E-state index in [4.69, 9.17) is 5.73 Å². The van der Waals surface area contributed by atoms with Gasteiger partial charge in [-0.2, -0.15) is 0 Å². The van der Waals surface area contributed by atoms with E-state index in [9.17, 15) is 14.4 Å². The number of thioether (sulfide) groups is 1. The monoisotopic (exact) mass is 410 g/mol. The highest BCUT2D eigenvalue weighted by molar-refractivity contribution is 8.00. The maximum Gasteiger partial charge on any atom is 0.330 e. The second-order valence-corrected chi connectivity index (χ2v) is 7.95. The molecular weight excluding hydrogens is 388 g/mol. The molecule has 8 heteroatoms. The molecule has 0 bridgehead atoms. The quantitative estimate of drug-likeness (QED) is 0.607. The number of hydrogen-bond acceptors (Lipinski definition) is 5. The van der Waals surface area contributed by atoms with Gasteiger partial charge in [0.05, 0.1) is 11.8 Å². The van der Waals surface area contributed by atoms with Crippen LogP contribution in [0.4, 0.5) is 11.5 Å². The highest BCUT2D eigenvalue weighted by atomic mass is 32.2. The van der Waals surface area contributed by atoms with E-state index in [0.717, 1.165) is 10.5 Å². The third-order valence-electron chi connectivity index (χ3n) is 4.47. The van der Waals surface area contributed by atoms with Crippen LogP contribution >= 0.6 is 11.8 Å². The largest absolute Gasteiger partial charge is 0.383 e. The summed E-state index contributed by atoms with van der Waals surface area (Å²) in [7, 11) is 1.49. The fourth-order valence-corrected chi connectivity index (χ4v) is 3.94. The van der Waals surface area contributed by atoms with Gasteiger partial charge in [-0.15, -0.1) is 11.8 Å². The van der Waals surface area contributed by atoms with Crippen LogP contribution < -0.4 is 21.9 Å². The van der Waals surface area contributed by atoms with Gasteiger partial charge in [0, 0.05) is 11.9 Å². The zero-order valence-corrected chi connectivity index (χ0v) is 17.0. The second-order valence-electron chi connectivity index (χ2n) is 6.54. The van der Waals surface area contributed by atoms with Gasteiger partial charge in [-0.25, -0.2) is 4.79 Å². The first-order chi connectivity index (χ1) is 13.9. The van der Waals surface area contributed by atoms with Crippen molar-refractivity contribution in [3.8, 4) is 0 Å². The average molecular weight is 410 g/mol. The maximum atomic E-state index is 12.9. The first kappa shape index (κ1) is 20.5. The van der Waals surface area contributed by atoms with E-state index < -0.39 is 16.5 Å². The summed E-state index contributed by atoms with van der Waals surface area (Å²) < 4.78 is 1.25. The molecule has 150 valence electrons. The van der Waals surface area contributed by atoms with Crippen molar-refractivity contribution in [1.29, 1.82) is 0 Å². The number of amides is 1. The maximum absolute atomic E-state index is 12.9. The van der Waals surface area contributed by atoms with Crippen molar-refractivity contribution < 1.29 is 4.79 Å². The molecule has 1 amide bonds. The van der Waals surface area contributed by atoms with Crippen molar-refractivity contribution in [3.05, 3.63) is 87.1 Å². The lowest BCUT2D eigenvalue weighted by Crippen LogP contribution is -2.41. The van der Waals surface area contributed by atoms with Gasteiger partial charge in [-0.3, -0.25) is 19.1 Å². The van der Waals surface area contributed by atoms with Crippen LogP contribution in [0.25, 0.3) is 0 Å². The number of rotatable bonds is 6. The van der Waals surface area contributed by atoms with Crippen LogP contribution in [0.1, 0.15) is 12.5 Å². The van der Waals surface area contributed by atoms with Crippen LogP contribution in [0.3, 0.4) is 0 Å². The molecule has 0 saturated heterocycles. The standard InChI is InChI=1S/C21H22N4O3S/c1-14(29-16-11-7-4-8-12-16)20(27)24(2)17-18(22)25(21(28)23-19(17)26)13-15-9-5-3-6-10-15/h3-12,14H,13,22H2,1-2H3,(H,23,26,28). The minimum Gasteiger partial charge on any atom is -0.383 e. The predicted octanol–water partition coefficient (Wildman–Crippen LogP) is 2.31. The molecule has 0 aliphatic rings. The Morgan fingerprint density at radius 1 is 1.10 bits per heavy atom. The van der Waals surface area contributed by atoms with Gasteiger partial charge in [0.25, 0.3) is 5.56 Å². The number of aromatic amines is 1. The molecule has 3 N–H and O–H groups in total. The lowest BCUT2D eigenvalue weighted by Gasteiger charge is -2.23. The summed E-state index contributed by atoms with van der Waals surface area (Å²) >= 11 is 1.38. The molecule has 1 heterocycles. The molecule has 7 nitrogen and oxygen atoms in total. The molecule has 3 rings (SSSR count). The van der Waals surface area contributed by atoms with Crippen molar-refractivity contribution in [2.45, 2.75) is 23.6 Å². The number of H-pyrrole nitrogens is 1. The SMILES string of the molecule is CC(Sc1ccccc1)C(=O)N(C)c1c(N)n(Cc2ccccc2)c(=O)[nH]c1=O. The Hall–Kier alpha value is -3.26. The zero-order chi connectivity index (χ0) is 21.0. The van der Waals surface area contributed by atoms with Crippen molar-refractivity contribution in [2.24, 2.45) is 0 Å². The van der Waals surface area contributed by atoms with Crippen molar-refractivity contribution in [3.63, 3.8) is 0 Å². The summed E-state index contributed by atoms with van der Waals surface area (Å²) in [5.41, 5.74) is 5.67. The van der Waals surface area contributed by atoms with Crippen LogP contribution in [0.15, 0.2) is 75.1 Å². The molecule has 3 aromatic rings. The predicted molar refractivity (Wildman–Crippen MR) is 116 cm³/mol. The Kier molecular flexibility index (Phi) is 6.23. The van der Waals surface area contributed by atoms with E-state index in [0.29, 0.717) is 0 Å². The Labute approximate surface area is 172 Å². The Balaban J connectivity index is 1.90. The molecule has 0 fully saturated rings. The number of hydrogen-bond donors (Lipinski definition) is 2. The zero-order valence-electron chi connectivity index (χ0n) is 16.2. The summed E-state index contributed by atoms with van der Waals surface area (Å²) in [5, 5.41) is -0.448. The smallest absolute Gasteiger partial charge is 0.330 e. The molecular formula is C21H22N4O3S. The van der Waals surface area contributed by atoms with E-state index in [1.807, 2.05) is 60.7 Å². The molecule has 0 aliphatic carbocycles. The van der Waals surface area contributed by atoms with E-state index >= 15 is 0 Å². The van der Waals surface area contributed by atoms with E-state index in [2.05, 4.69) is 4.98 Å². The second kappa shape index (κ2) is 8.83. The molecule has 1 atom stereocenters. The molecule has 0 spiro atoms. The summed E-state index contributed by atoms with van der Waals surface area (Å²) in [4.78, 5) is 42.1. The normalized spacial score (nSPS) is 11.8.